The van der Waals surface area contributed by atoms with Crippen molar-refractivity contribution in [1.29, 1.82) is 0 Å². The lowest BCUT2D eigenvalue weighted by Gasteiger charge is -2.20. The first-order chi connectivity index (χ1) is 8.45. The number of epoxide rings is 1. The van der Waals surface area contributed by atoms with Gasteiger partial charge >= 0.3 is 0 Å². The minimum atomic E-state index is -0.285. The standard InChI is InChI=1S/C11H20O6/c1-2-6-13-11(4-1)16-17-15-7-3-5-12-8-10-9-14-10/h10-11H,1-9H2. The van der Waals surface area contributed by atoms with E-state index in [1.165, 1.54) is 0 Å². The SMILES string of the molecule is C(COCC1CO1)COOOC1CCCCO1. The highest BCUT2D eigenvalue weighted by Gasteiger charge is 2.21. The van der Waals surface area contributed by atoms with E-state index in [1.54, 1.807) is 0 Å². The maximum absolute atomic E-state index is 5.33. The summed E-state index contributed by atoms with van der Waals surface area (Å²) in [6.45, 7) is 3.31. The molecule has 0 radical (unpaired) electrons. The van der Waals surface area contributed by atoms with Crippen LogP contribution in [0.1, 0.15) is 25.7 Å². The topological polar surface area (TPSA) is 58.7 Å². The fraction of sp³-hybridized carbons (Fsp3) is 1.00. The third-order valence-electron chi connectivity index (χ3n) is 2.56. The van der Waals surface area contributed by atoms with E-state index in [0.29, 0.717) is 25.9 Å². The van der Waals surface area contributed by atoms with E-state index in [-0.39, 0.29) is 6.29 Å². The molecule has 2 aliphatic rings. The molecule has 2 fully saturated rings. The van der Waals surface area contributed by atoms with Crippen molar-refractivity contribution in [2.75, 3.05) is 33.0 Å². The Balaban J connectivity index is 1.31. The highest BCUT2D eigenvalue weighted by atomic mass is 17.5. The fourth-order valence-corrected chi connectivity index (χ4v) is 1.49. The third-order valence-corrected chi connectivity index (χ3v) is 2.56. The summed E-state index contributed by atoms with van der Waals surface area (Å²) in [6, 6.07) is 0. The molecule has 2 rings (SSSR count). The molecule has 0 aromatic heterocycles. The number of hydrogen-bond acceptors (Lipinski definition) is 6. The van der Waals surface area contributed by atoms with Gasteiger partial charge < -0.3 is 14.2 Å². The molecule has 17 heavy (non-hydrogen) atoms. The summed E-state index contributed by atoms with van der Waals surface area (Å²) in [5, 5.41) is 4.61. The van der Waals surface area contributed by atoms with Crippen molar-refractivity contribution in [2.45, 2.75) is 38.1 Å². The smallest absolute Gasteiger partial charge is 0.194 e. The summed E-state index contributed by atoms with van der Waals surface area (Å²) in [5.74, 6) is 0. The number of hydrogen-bond donors (Lipinski definition) is 0. The van der Waals surface area contributed by atoms with Gasteiger partial charge in [0.1, 0.15) is 6.10 Å². The maximum atomic E-state index is 5.33. The molecular formula is C11H20O6. The molecule has 2 saturated heterocycles. The molecule has 100 valence electrons. The average Bonchev–Trinajstić information content (AvgIpc) is 3.18. The van der Waals surface area contributed by atoms with Crippen LogP contribution in [0.4, 0.5) is 0 Å². The van der Waals surface area contributed by atoms with Crippen molar-refractivity contribution in [3.8, 4) is 0 Å². The second-order valence-electron chi connectivity index (χ2n) is 4.17. The largest absolute Gasteiger partial charge is 0.379 e. The first-order valence-corrected chi connectivity index (χ1v) is 6.21. The minimum absolute atomic E-state index is 0.285. The van der Waals surface area contributed by atoms with Crippen LogP contribution in [0.15, 0.2) is 0 Å². The van der Waals surface area contributed by atoms with Crippen molar-refractivity contribution < 1.29 is 29.0 Å². The van der Waals surface area contributed by atoms with Gasteiger partial charge in [0, 0.05) is 19.6 Å². The Morgan fingerprint density at radius 2 is 2.06 bits per heavy atom. The average molecular weight is 248 g/mol. The van der Waals surface area contributed by atoms with Crippen LogP contribution in [0.25, 0.3) is 0 Å². The van der Waals surface area contributed by atoms with E-state index < -0.39 is 0 Å². The van der Waals surface area contributed by atoms with Crippen LogP contribution in [0, 0.1) is 0 Å². The molecule has 0 spiro atoms. The summed E-state index contributed by atoms with van der Waals surface area (Å²) in [5.41, 5.74) is 0. The van der Waals surface area contributed by atoms with Crippen LogP contribution in [-0.2, 0) is 29.0 Å². The van der Waals surface area contributed by atoms with E-state index in [4.69, 9.17) is 24.0 Å². The van der Waals surface area contributed by atoms with Gasteiger partial charge in [-0.15, -0.1) is 0 Å². The molecule has 2 aliphatic heterocycles. The second-order valence-corrected chi connectivity index (χ2v) is 4.17. The lowest BCUT2D eigenvalue weighted by atomic mass is 10.2. The third kappa shape index (κ3) is 6.30. The maximum Gasteiger partial charge on any atom is 0.194 e. The Morgan fingerprint density at radius 1 is 1.12 bits per heavy atom. The minimum Gasteiger partial charge on any atom is -0.379 e. The molecule has 0 aromatic rings. The van der Waals surface area contributed by atoms with Crippen LogP contribution < -0.4 is 0 Å². The fourth-order valence-electron chi connectivity index (χ4n) is 1.49. The normalized spacial score (nSPS) is 28.2. The molecule has 6 nitrogen and oxygen atoms in total. The van der Waals surface area contributed by atoms with Gasteiger partial charge in [-0.25, -0.2) is 4.89 Å². The van der Waals surface area contributed by atoms with E-state index in [0.717, 1.165) is 38.9 Å². The summed E-state index contributed by atoms with van der Waals surface area (Å²) in [6.07, 6.45) is 3.84. The van der Waals surface area contributed by atoms with Crippen molar-refractivity contribution in [3.63, 3.8) is 0 Å². The second kappa shape index (κ2) is 7.97. The first-order valence-electron chi connectivity index (χ1n) is 6.21. The van der Waals surface area contributed by atoms with Gasteiger partial charge in [-0.05, 0) is 19.3 Å². The van der Waals surface area contributed by atoms with Crippen LogP contribution in [0.3, 0.4) is 0 Å². The highest BCUT2D eigenvalue weighted by Crippen LogP contribution is 2.13. The molecule has 2 unspecified atom stereocenters. The van der Waals surface area contributed by atoms with Gasteiger partial charge in [-0.2, -0.15) is 4.89 Å². The van der Waals surface area contributed by atoms with E-state index in [2.05, 4.69) is 5.04 Å². The van der Waals surface area contributed by atoms with Gasteiger partial charge in [0.25, 0.3) is 0 Å². The summed E-state index contributed by atoms with van der Waals surface area (Å²) >= 11 is 0. The predicted molar refractivity (Wildman–Crippen MR) is 56.9 cm³/mol. The summed E-state index contributed by atoms with van der Waals surface area (Å²) < 4.78 is 15.6. The Labute approximate surface area is 101 Å². The van der Waals surface area contributed by atoms with E-state index >= 15 is 0 Å². The Hall–Kier alpha value is -0.240. The van der Waals surface area contributed by atoms with Crippen molar-refractivity contribution in [2.24, 2.45) is 0 Å². The quantitative estimate of drug-likeness (QED) is 0.264. The van der Waals surface area contributed by atoms with Gasteiger partial charge in [0.2, 0.25) is 0 Å². The molecule has 2 heterocycles. The van der Waals surface area contributed by atoms with Gasteiger partial charge in [0.05, 0.1) is 19.8 Å². The van der Waals surface area contributed by atoms with Gasteiger partial charge in [0.15, 0.2) is 6.29 Å². The van der Waals surface area contributed by atoms with Gasteiger partial charge in [-0.1, -0.05) is 5.04 Å². The molecular weight excluding hydrogens is 228 g/mol. The van der Waals surface area contributed by atoms with Crippen LogP contribution in [0.5, 0.6) is 0 Å². The zero-order valence-electron chi connectivity index (χ0n) is 9.97. The first kappa shape index (κ1) is 13.2. The van der Waals surface area contributed by atoms with Crippen molar-refractivity contribution >= 4 is 0 Å². The Morgan fingerprint density at radius 3 is 2.82 bits per heavy atom. The number of ether oxygens (including phenoxy) is 3. The number of rotatable bonds is 9. The summed E-state index contributed by atoms with van der Waals surface area (Å²) in [7, 11) is 0. The molecule has 0 amide bonds. The molecule has 0 saturated carbocycles. The van der Waals surface area contributed by atoms with Crippen LogP contribution >= 0.6 is 0 Å². The lowest BCUT2D eigenvalue weighted by molar-refractivity contribution is -0.549. The van der Waals surface area contributed by atoms with Crippen molar-refractivity contribution in [1.82, 2.24) is 0 Å². The molecule has 0 aliphatic carbocycles. The molecule has 0 aromatic carbocycles. The Bertz CT molecular complexity index is 190. The molecule has 0 N–H and O–H groups in total. The summed E-state index contributed by atoms with van der Waals surface area (Å²) in [4.78, 5) is 9.78. The Kier molecular flexibility index (Phi) is 6.18. The molecule has 2 atom stereocenters. The zero-order chi connectivity index (χ0) is 11.8. The van der Waals surface area contributed by atoms with E-state index in [1.807, 2.05) is 0 Å². The van der Waals surface area contributed by atoms with Crippen LogP contribution in [-0.4, -0.2) is 45.4 Å². The van der Waals surface area contributed by atoms with E-state index in [9.17, 15) is 0 Å². The lowest BCUT2D eigenvalue weighted by Crippen LogP contribution is -2.22. The van der Waals surface area contributed by atoms with Gasteiger partial charge in [-0.3, -0.25) is 0 Å². The highest BCUT2D eigenvalue weighted by molar-refractivity contribution is 4.66. The van der Waals surface area contributed by atoms with Crippen LogP contribution in [0.2, 0.25) is 0 Å². The van der Waals surface area contributed by atoms with Crippen molar-refractivity contribution in [3.05, 3.63) is 0 Å². The zero-order valence-corrected chi connectivity index (χ0v) is 9.97. The monoisotopic (exact) mass is 248 g/mol. The molecule has 6 heteroatoms. The molecule has 0 bridgehead atoms. The predicted octanol–water partition coefficient (Wildman–Crippen LogP) is 1.20.